The average molecular weight is 360 g/mol. The third kappa shape index (κ3) is 2.92. The molecule has 2 aliphatic rings. The van der Waals surface area contributed by atoms with Crippen LogP contribution in [0.2, 0.25) is 0 Å². The molecule has 0 fully saturated rings. The van der Waals surface area contributed by atoms with E-state index in [0.717, 1.165) is 12.8 Å². The summed E-state index contributed by atoms with van der Waals surface area (Å²) in [6.07, 6.45) is 13.4. The van der Waals surface area contributed by atoms with Gasteiger partial charge in [0.2, 0.25) is 0 Å². The van der Waals surface area contributed by atoms with Crippen LogP contribution in [0.15, 0.2) is 85.5 Å². The molecule has 0 radical (unpaired) electrons. The van der Waals surface area contributed by atoms with Gasteiger partial charge in [-0.25, -0.2) is 0 Å². The van der Waals surface area contributed by atoms with Crippen LogP contribution in [0.3, 0.4) is 0 Å². The van der Waals surface area contributed by atoms with Gasteiger partial charge in [0.25, 0.3) is 0 Å². The average Bonchev–Trinajstić information content (AvgIpc) is 3.26. The summed E-state index contributed by atoms with van der Waals surface area (Å²) < 4.78 is 0. The minimum Gasteiger partial charge on any atom is -0.103 e. The smallest absolute Gasteiger partial charge is 0.0164 e. The Morgan fingerprint density at radius 1 is 0.920 bits per heavy atom. The van der Waals surface area contributed by atoms with Crippen LogP contribution in [-0.4, -0.2) is 0 Å². The van der Waals surface area contributed by atoms with Gasteiger partial charge in [0, 0.05) is 33.6 Å². The monoisotopic (exact) mass is 360 g/mol. The SMILES string of the molecule is C=CCCC(C)(C1C=CC=C1)C1c2ccccc2-c2ccccc21.[Ti]. The molecule has 2 aromatic carbocycles. The summed E-state index contributed by atoms with van der Waals surface area (Å²) in [5.41, 5.74) is 5.95. The Morgan fingerprint density at radius 3 is 1.96 bits per heavy atom. The number of benzene rings is 2. The Hall–Kier alpha value is -1.63. The maximum Gasteiger partial charge on any atom is 0.0164 e. The zero-order valence-corrected chi connectivity index (χ0v) is 16.3. The minimum atomic E-state index is 0. The molecule has 2 aromatic rings. The molecule has 1 atom stereocenters. The maximum absolute atomic E-state index is 3.97. The van der Waals surface area contributed by atoms with Crippen molar-refractivity contribution in [2.45, 2.75) is 25.7 Å². The molecule has 1 heteroatoms. The van der Waals surface area contributed by atoms with Crippen LogP contribution in [0.25, 0.3) is 11.1 Å². The molecule has 124 valence electrons. The van der Waals surface area contributed by atoms with Crippen LogP contribution in [0, 0.1) is 11.3 Å². The predicted octanol–water partition coefficient (Wildman–Crippen LogP) is 6.51. The van der Waals surface area contributed by atoms with Crippen LogP contribution in [-0.2, 0) is 21.7 Å². The normalized spacial score (nSPS) is 17.6. The molecule has 0 aromatic heterocycles. The summed E-state index contributed by atoms with van der Waals surface area (Å²) in [6, 6.07) is 17.9. The Morgan fingerprint density at radius 2 is 1.44 bits per heavy atom. The number of allylic oxidation sites excluding steroid dienone is 5. The van der Waals surface area contributed by atoms with Crippen molar-refractivity contribution < 1.29 is 21.7 Å². The van der Waals surface area contributed by atoms with Crippen molar-refractivity contribution in [1.82, 2.24) is 0 Å². The standard InChI is InChI=1S/C24H24.Ti/c1-3-4-17-24(2,18-11-5-6-12-18)23-21-15-9-7-13-19(21)20-14-8-10-16-22(20)23;/h3,5-16,18,23H,1,4,17H2,2H3;. The summed E-state index contributed by atoms with van der Waals surface area (Å²) in [6.45, 7) is 6.43. The first kappa shape index (κ1) is 18.2. The van der Waals surface area contributed by atoms with Crippen molar-refractivity contribution in [3.8, 4) is 11.1 Å². The molecule has 1 unspecified atom stereocenters. The molecule has 0 saturated heterocycles. The number of hydrogen-bond acceptors (Lipinski definition) is 0. The van der Waals surface area contributed by atoms with Crippen LogP contribution in [0.5, 0.6) is 0 Å². The Bertz CT molecular complexity index is 772. The molecule has 0 saturated carbocycles. The molecular weight excluding hydrogens is 336 g/mol. The first-order valence-electron chi connectivity index (χ1n) is 8.90. The zero-order valence-electron chi connectivity index (χ0n) is 14.8. The number of hydrogen-bond donors (Lipinski definition) is 0. The van der Waals surface area contributed by atoms with E-state index in [0.29, 0.717) is 11.8 Å². The molecule has 25 heavy (non-hydrogen) atoms. The predicted molar refractivity (Wildman–Crippen MR) is 103 cm³/mol. The van der Waals surface area contributed by atoms with E-state index in [-0.39, 0.29) is 27.1 Å². The van der Waals surface area contributed by atoms with E-state index in [4.69, 9.17) is 0 Å². The number of rotatable bonds is 5. The number of fused-ring (bicyclic) bond motifs is 3. The van der Waals surface area contributed by atoms with E-state index in [1.54, 1.807) is 0 Å². The molecule has 0 N–H and O–H groups in total. The van der Waals surface area contributed by atoms with E-state index >= 15 is 0 Å². The van der Waals surface area contributed by atoms with Gasteiger partial charge >= 0.3 is 0 Å². The van der Waals surface area contributed by atoms with Crippen molar-refractivity contribution in [2.24, 2.45) is 11.3 Å². The molecule has 2 aliphatic carbocycles. The Balaban J connectivity index is 0.00000182. The van der Waals surface area contributed by atoms with Gasteiger partial charge in [-0.2, -0.15) is 0 Å². The van der Waals surface area contributed by atoms with E-state index in [9.17, 15) is 0 Å². The van der Waals surface area contributed by atoms with Crippen molar-refractivity contribution in [1.29, 1.82) is 0 Å². The third-order valence-electron chi connectivity index (χ3n) is 5.89. The zero-order chi connectivity index (χ0) is 16.6. The second-order valence-electron chi connectivity index (χ2n) is 7.24. The fourth-order valence-electron chi connectivity index (χ4n) is 4.65. The summed E-state index contributed by atoms with van der Waals surface area (Å²) in [5.74, 6) is 0.906. The fraction of sp³-hybridized carbons (Fsp3) is 0.250. The molecule has 0 bridgehead atoms. The van der Waals surface area contributed by atoms with Gasteiger partial charge in [-0.05, 0) is 40.5 Å². The summed E-state index contributed by atoms with van der Waals surface area (Å²) in [7, 11) is 0. The first-order valence-corrected chi connectivity index (χ1v) is 8.90. The molecule has 0 nitrogen and oxygen atoms in total. The minimum absolute atomic E-state index is 0. The maximum atomic E-state index is 3.97. The largest absolute Gasteiger partial charge is 0.103 e. The molecule has 4 rings (SSSR count). The summed E-state index contributed by atoms with van der Waals surface area (Å²) >= 11 is 0. The van der Waals surface area contributed by atoms with Gasteiger partial charge in [-0.3, -0.25) is 0 Å². The third-order valence-corrected chi connectivity index (χ3v) is 5.89. The van der Waals surface area contributed by atoms with Crippen molar-refractivity contribution in [2.75, 3.05) is 0 Å². The second-order valence-corrected chi connectivity index (χ2v) is 7.24. The molecule has 0 aliphatic heterocycles. The van der Waals surface area contributed by atoms with Gasteiger partial charge in [0.1, 0.15) is 0 Å². The van der Waals surface area contributed by atoms with Crippen LogP contribution < -0.4 is 0 Å². The molecule has 0 amide bonds. The molecular formula is C24H24Ti. The van der Waals surface area contributed by atoms with E-state index in [2.05, 4.69) is 92.4 Å². The van der Waals surface area contributed by atoms with E-state index in [1.807, 2.05) is 0 Å². The first-order chi connectivity index (χ1) is 11.8. The van der Waals surface area contributed by atoms with Crippen molar-refractivity contribution >= 4 is 0 Å². The van der Waals surface area contributed by atoms with Gasteiger partial charge < -0.3 is 0 Å². The van der Waals surface area contributed by atoms with Crippen LogP contribution in [0.4, 0.5) is 0 Å². The second kappa shape index (κ2) is 7.32. The topological polar surface area (TPSA) is 0 Å². The van der Waals surface area contributed by atoms with Gasteiger partial charge in [0.05, 0.1) is 0 Å². The molecule has 0 spiro atoms. The van der Waals surface area contributed by atoms with Crippen molar-refractivity contribution in [3.05, 3.63) is 96.6 Å². The summed E-state index contributed by atoms with van der Waals surface area (Å²) in [4.78, 5) is 0. The van der Waals surface area contributed by atoms with Crippen molar-refractivity contribution in [3.63, 3.8) is 0 Å². The van der Waals surface area contributed by atoms with Crippen LogP contribution in [0.1, 0.15) is 36.8 Å². The van der Waals surface area contributed by atoms with E-state index < -0.39 is 0 Å². The van der Waals surface area contributed by atoms with Gasteiger partial charge in [-0.15, -0.1) is 6.58 Å². The Labute approximate surface area is 166 Å². The fourth-order valence-corrected chi connectivity index (χ4v) is 4.65. The quantitative estimate of drug-likeness (QED) is 0.421. The van der Waals surface area contributed by atoms with Gasteiger partial charge in [-0.1, -0.05) is 85.8 Å². The Kier molecular flexibility index (Phi) is 5.32. The van der Waals surface area contributed by atoms with Crippen LogP contribution >= 0.6 is 0 Å². The molecule has 0 heterocycles. The van der Waals surface area contributed by atoms with Gasteiger partial charge in [0.15, 0.2) is 0 Å². The summed E-state index contributed by atoms with van der Waals surface area (Å²) in [5, 5.41) is 0. The van der Waals surface area contributed by atoms with E-state index in [1.165, 1.54) is 22.3 Å².